The van der Waals surface area contributed by atoms with Crippen molar-refractivity contribution >= 4 is 28.8 Å². The molecule has 0 spiro atoms. The Labute approximate surface area is 151 Å². The van der Waals surface area contributed by atoms with E-state index in [1.807, 2.05) is 18.6 Å². The van der Waals surface area contributed by atoms with Gasteiger partial charge >= 0.3 is 0 Å². The summed E-state index contributed by atoms with van der Waals surface area (Å²) >= 11 is 0. The fourth-order valence-electron chi connectivity index (χ4n) is 3.36. The number of fused-ring (bicyclic) bond motifs is 1. The number of hydrogen-bond donors (Lipinski definition) is 2. The van der Waals surface area contributed by atoms with Gasteiger partial charge in [-0.25, -0.2) is 9.97 Å². The number of primary amides is 1. The Morgan fingerprint density at radius 3 is 2.65 bits per heavy atom. The molecule has 0 saturated carbocycles. The number of carbonyl (C=O) groups excluding carboxylic acids is 1. The van der Waals surface area contributed by atoms with Crippen LogP contribution in [0.1, 0.15) is 24.8 Å². The highest BCUT2D eigenvalue weighted by Gasteiger charge is 2.12. The van der Waals surface area contributed by atoms with Gasteiger partial charge in [0.25, 0.3) is 0 Å². The average molecular weight is 347 g/mol. The summed E-state index contributed by atoms with van der Waals surface area (Å²) in [6.45, 7) is 2.16. The molecule has 1 fully saturated rings. The second-order valence-electron chi connectivity index (χ2n) is 6.55. The van der Waals surface area contributed by atoms with Crippen LogP contribution in [0, 0.1) is 0 Å². The maximum Gasteiger partial charge on any atom is 0.241 e. The molecule has 132 valence electrons. The largest absolute Gasteiger partial charge is 0.366 e. The van der Waals surface area contributed by atoms with Crippen LogP contribution in [0.4, 0.5) is 5.82 Å². The molecule has 3 N–H and O–H groups in total. The number of nitrogens with one attached hydrogen (secondary N) is 1. The molecule has 0 atom stereocenters. The number of carbonyl (C=O) groups is 1. The smallest absolute Gasteiger partial charge is 0.241 e. The van der Waals surface area contributed by atoms with Crippen molar-refractivity contribution in [1.82, 2.24) is 15.0 Å². The highest BCUT2D eigenvalue weighted by molar-refractivity contribution is 5.95. The van der Waals surface area contributed by atoms with Crippen LogP contribution in [0.25, 0.3) is 28.2 Å². The third-order valence-electron chi connectivity index (χ3n) is 4.75. The number of amides is 1. The number of nitrogens with two attached hydrogens (primary N) is 1. The van der Waals surface area contributed by atoms with Gasteiger partial charge in [-0.05, 0) is 43.5 Å². The Morgan fingerprint density at radius 2 is 1.92 bits per heavy atom. The summed E-state index contributed by atoms with van der Waals surface area (Å²) in [4.78, 5) is 25.5. The zero-order valence-electron chi connectivity index (χ0n) is 14.5. The monoisotopic (exact) mass is 347 g/mol. The fourth-order valence-corrected chi connectivity index (χ4v) is 3.36. The molecule has 0 aromatic carbocycles. The van der Waals surface area contributed by atoms with Crippen LogP contribution in [-0.2, 0) is 4.79 Å². The molecule has 0 radical (unpaired) electrons. The van der Waals surface area contributed by atoms with Gasteiger partial charge in [-0.3, -0.25) is 4.79 Å². The Bertz CT molecular complexity index is 952. The molecule has 3 aromatic rings. The molecule has 26 heavy (non-hydrogen) atoms. The lowest BCUT2D eigenvalue weighted by Gasteiger charge is -2.27. The van der Waals surface area contributed by atoms with E-state index >= 15 is 0 Å². The third-order valence-corrected chi connectivity index (χ3v) is 4.75. The summed E-state index contributed by atoms with van der Waals surface area (Å²) in [5.41, 5.74) is 8.85. The number of rotatable bonds is 4. The zero-order valence-corrected chi connectivity index (χ0v) is 14.5. The lowest BCUT2D eigenvalue weighted by molar-refractivity contribution is -0.113. The minimum atomic E-state index is -0.471. The fraction of sp³-hybridized carbons (Fsp3) is 0.250. The Hall–Kier alpha value is -3.15. The van der Waals surface area contributed by atoms with Gasteiger partial charge in [0.1, 0.15) is 11.5 Å². The van der Waals surface area contributed by atoms with Gasteiger partial charge in [0.15, 0.2) is 0 Å². The van der Waals surface area contributed by atoms with Crippen molar-refractivity contribution in [3.05, 3.63) is 48.4 Å². The van der Waals surface area contributed by atoms with Crippen molar-refractivity contribution in [1.29, 1.82) is 0 Å². The molecular formula is C20H21N5O. The van der Waals surface area contributed by atoms with E-state index < -0.39 is 5.91 Å². The van der Waals surface area contributed by atoms with Crippen molar-refractivity contribution in [2.24, 2.45) is 5.73 Å². The van der Waals surface area contributed by atoms with Crippen LogP contribution < -0.4 is 10.6 Å². The number of pyridine rings is 2. The highest BCUT2D eigenvalue weighted by Crippen LogP contribution is 2.26. The van der Waals surface area contributed by atoms with E-state index in [4.69, 9.17) is 5.73 Å². The van der Waals surface area contributed by atoms with E-state index in [2.05, 4.69) is 38.1 Å². The first-order valence-corrected chi connectivity index (χ1v) is 8.87. The van der Waals surface area contributed by atoms with Gasteiger partial charge < -0.3 is 15.6 Å². The summed E-state index contributed by atoms with van der Waals surface area (Å²) in [5, 5.41) is 0.945. The molecule has 6 nitrogen and oxygen atoms in total. The van der Waals surface area contributed by atoms with E-state index in [1.165, 1.54) is 25.3 Å². The molecule has 1 amide bonds. The molecule has 3 aromatic heterocycles. The third kappa shape index (κ3) is 3.31. The number of H-pyrrole nitrogens is 1. The van der Waals surface area contributed by atoms with Crippen LogP contribution in [0.15, 0.2) is 42.9 Å². The van der Waals surface area contributed by atoms with Crippen LogP contribution in [0.5, 0.6) is 0 Å². The summed E-state index contributed by atoms with van der Waals surface area (Å²) < 4.78 is 0. The number of anilines is 1. The molecule has 0 unspecified atom stereocenters. The highest BCUT2D eigenvalue weighted by atomic mass is 16.1. The summed E-state index contributed by atoms with van der Waals surface area (Å²) in [6, 6.07) is 6.22. The van der Waals surface area contributed by atoms with E-state index in [0.29, 0.717) is 0 Å². The van der Waals surface area contributed by atoms with Crippen molar-refractivity contribution in [3.8, 4) is 11.1 Å². The molecule has 4 rings (SSSR count). The maximum atomic E-state index is 11.0. The predicted molar refractivity (Wildman–Crippen MR) is 104 cm³/mol. The van der Waals surface area contributed by atoms with Crippen molar-refractivity contribution in [2.75, 3.05) is 18.0 Å². The normalized spacial score (nSPS) is 15.0. The molecule has 4 heterocycles. The Morgan fingerprint density at radius 1 is 1.12 bits per heavy atom. The first kappa shape index (κ1) is 16.3. The number of hydrogen-bond acceptors (Lipinski definition) is 4. The zero-order chi connectivity index (χ0) is 17.9. The number of aromatic nitrogens is 3. The Balaban J connectivity index is 1.63. The van der Waals surface area contributed by atoms with Crippen LogP contribution in [0.2, 0.25) is 0 Å². The summed E-state index contributed by atoms with van der Waals surface area (Å²) in [5.74, 6) is 0.565. The molecule has 1 aliphatic rings. The van der Waals surface area contributed by atoms with E-state index in [-0.39, 0.29) is 0 Å². The van der Waals surface area contributed by atoms with Gasteiger partial charge in [0.05, 0.1) is 0 Å². The minimum absolute atomic E-state index is 0.471. The van der Waals surface area contributed by atoms with Crippen LogP contribution in [0.3, 0.4) is 0 Å². The first-order chi connectivity index (χ1) is 12.7. The minimum Gasteiger partial charge on any atom is -0.366 e. The first-order valence-electron chi connectivity index (χ1n) is 8.87. The van der Waals surface area contributed by atoms with E-state index in [1.54, 1.807) is 6.08 Å². The van der Waals surface area contributed by atoms with Gasteiger partial charge in [-0.2, -0.15) is 0 Å². The molecule has 1 aliphatic heterocycles. The molecule has 6 heteroatoms. The van der Waals surface area contributed by atoms with Gasteiger partial charge in [-0.1, -0.05) is 0 Å². The van der Waals surface area contributed by atoms with E-state index in [9.17, 15) is 4.79 Å². The Kier molecular flexibility index (Phi) is 4.39. The van der Waals surface area contributed by atoms with Crippen LogP contribution in [-0.4, -0.2) is 33.9 Å². The molecular weight excluding hydrogens is 326 g/mol. The van der Waals surface area contributed by atoms with Crippen molar-refractivity contribution < 1.29 is 4.79 Å². The van der Waals surface area contributed by atoms with Gasteiger partial charge in [-0.15, -0.1) is 0 Å². The predicted octanol–water partition coefficient (Wildman–Crippen LogP) is 3.11. The second kappa shape index (κ2) is 7.00. The summed E-state index contributed by atoms with van der Waals surface area (Å²) in [6.07, 6.45) is 12.4. The lowest BCUT2D eigenvalue weighted by atomic mass is 10.1. The topological polar surface area (TPSA) is 87.9 Å². The van der Waals surface area contributed by atoms with Crippen molar-refractivity contribution in [2.45, 2.75) is 19.3 Å². The standard InChI is InChI=1S/C20H21N5O/c21-18(26)6-4-15-12-23-20-17(15)10-16(13-24-20)14-5-7-19(22-11-14)25-8-2-1-3-9-25/h4-7,10-13H,1-3,8-9H2,(H2,21,26)(H,23,24)/b6-4+. The summed E-state index contributed by atoms with van der Waals surface area (Å²) in [7, 11) is 0. The molecule has 0 bridgehead atoms. The second-order valence-corrected chi connectivity index (χ2v) is 6.55. The molecule has 1 saturated heterocycles. The quantitative estimate of drug-likeness (QED) is 0.710. The average Bonchev–Trinajstić information content (AvgIpc) is 3.09. The maximum absolute atomic E-state index is 11.0. The number of nitrogens with zero attached hydrogens (tertiary/aromatic N) is 3. The number of aromatic amines is 1. The lowest BCUT2D eigenvalue weighted by Crippen LogP contribution is -2.29. The van der Waals surface area contributed by atoms with Gasteiger partial charge in [0, 0.05) is 59.8 Å². The van der Waals surface area contributed by atoms with Crippen molar-refractivity contribution in [3.63, 3.8) is 0 Å². The molecule has 0 aliphatic carbocycles. The van der Waals surface area contributed by atoms with Crippen LogP contribution >= 0.6 is 0 Å². The van der Waals surface area contributed by atoms with Gasteiger partial charge in [0.2, 0.25) is 5.91 Å². The SMILES string of the molecule is NC(=O)/C=C/c1c[nH]c2ncc(-c3ccc(N4CCCCC4)nc3)cc12. The van der Waals surface area contributed by atoms with E-state index in [0.717, 1.165) is 46.6 Å². The number of piperidine rings is 1.